The molecule has 0 saturated heterocycles. The number of hydrogen-bond donors (Lipinski definition) is 0. The van der Waals surface area contributed by atoms with Crippen molar-refractivity contribution in [2.24, 2.45) is 5.41 Å². The minimum atomic E-state index is 0.160. The smallest absolute Gasteiger partial charge is 0.0644 e. The molecule has 19 heavy (non-hydrogen) atoms. The van der Waals surface area contributed by atoms with Gasteiger partial charge in [-0.2, -0.15) is 0 Å². The Balaban J connectivity index is 2.56. The zero-order valence-electron chi connectivity index (χ0n) is 13.3. The van der Waals surface area contributed by atoms with Gasteiger partial charge in [-0.15, -0.1) is 11.6 Å². The van der Waals surface area contributed by atoms with Crippen molar-refractivity contribution in [2.75, 3.05) is 0 Å². The Kier molecular flexibility index (Phi) is 4.02. The number of rotatable bonds is 2. The molecular weight excluding hydrogens is 252 g/mol. The first-order chi connectivity index (χ1) is 8.79. The highest BCUT2D eigenvalue weighted by atomic mass is 35.5. The maximum absolute atomic E-state index is 6.96. The zero-order valence-corrected chi connectivity index (χ0v) is 14.0. The van der Waals surface area contributed by atoms with Gasteiger partial charge in [0.1, 0.15) is 0 Å². The minimum Gasteiger partial charge on any atom is -0.117 e. The van der Waals surface area contributed by atoms with Gasteiger partial charge in [-0.3, -0.25) is 0 Å². The molecule has 0 N–H and O–H groups in total. The van der Waals surface area contributed by atoms with Crippen LogP contribution in [0.1, 0.15) is 71.4 Å². The Morgan fingerprint density at radius 1 is 0.789 bits per heavy atom. The minimum absolute atomic E-state index is 0.160. The Morgan fingerprint density at radius 2 is 1.16 bits per heavy atom. The predicted octanol–water partition coefficient (Wildman–Crippen LogP) is 6.09. The van der Waals surface area contributed by atoms with Crippen LogP contribution in [0.4, 0.5) is 0 Å². The zero-order chi connectivity index (χ0) is 14.4. The molecule has 0 aliphatic heterocycles. The van der Waals surface area contributed by atoms with Gasteiger partial charge in [0.05, 0.1) is 5.38 Å². The fourth-order valence-corrected chi connectivity index (χ4v) is 4.24. The molecule has 1 unspecified atom stereocenters. The molecular formula is C18H27Cl. The van der Waals surface area contributed by atoms with E-state index in [9.17, 15) is 0 Å². The maximum atomic E-state index is 6.96. The van der Waals surface area contributed by atoms with E-state index in [0.29, 0.717) is 0 Å². The maximum Gasteiger partial charge on any atom is 0.0644 e. The number of alkyl halides is 1. The van der Waals surface area contributed by atoms with Crippen molar-refractivity contribution in [3.63, 3.8) is 0 Å². The van der Waals surface area contributed by atoms with Gasteiger partial charge in [0.25, 0.3) is 0 Å². The third kappa shape index (κ3) is 2.33. The molecule has 106 valence electrons. The van der Waals surface area contributed by atoms with E-state index < -0.39 is 0 Å². The predicted molar refractivity (Wildman–Crippen MR) is 85.3 cm³/mol. The number of hydrogen-bond acceptors (Lipinski definition) is 0. The summed E-state index contributed by atoms with van der Waals surface area (Å²) in [5.74, 6) is 0. The van der Waals surface area contributed by atoms with E-state index in [-0.39, 0.29) is 10.8 Å². The first-order valence-corrected chi connectivity index (χ1v) is 7.94. The van der Waals surface area contributed by atoms with E-state index in [1.165, 1.54) is 59.1 Å². The van der Waals surface area contributed by atoms with Gasteiger partial charge in [-0.25, -0.2) is 0 Å². The second kappa shape index (κ2) is 5.13. The lowest BCUT2D eigenvalue weighted by Crippen LogP contribution is -2.20. The lowest BCUT2D eigenvalue weighted by molar-refractivity contribution is 0.320. The van der Waals surface area contributed by atoms with Gasteiger partial charge < -0.3 is 0 Å². The molecule has 1 atom stereocenters. The molecule has 2 rings (SSSR count). The summed E-state index contributed by atoms with van der Waals surface area (Å²) >= 11 is 6.96. The molecule has 1 saturated carbocycles. The van der Waals surface area contributed by atoms with Crippen LogP contribution in [-0.2, 0) is 0 Å². The van der Waals surface area contributed by atoms with E-state index in [4.69, 9.17) is 11.6 Å². The first-order valence-electron chi connectivity index (χ1n) is 7.50. The Hall–Kier alpha value is -0.490. The number of halogens is 1. The molecule has 0 spiro atoms. The summed E-state index contributed by atoms with van der Waals surface area (Å²) in [5, 5.41) is 0.160. The summed E-state index contributed by atoms with van der Waals surface area (Å²) in [6.45, 7) is 13.6. The molecule has 1 aromatic carbocycles. The van der Waals surface area contributed by atoms with Crippen molar-refractivity contribution in [2.45, 2.75) is 72.6 Å². The Morgan fingerprint density at radius 3 is 1.58 bits per heavy atom. The first kappa shape index (κ1) is 14.9. The van der Waals surface area contributed by atoms with Gasteiger partial charge in [-0.05, 0) is 86.3 Å². The van der Waals surface area contributed by atoms with Crippen LogP contribution >= 0.6 is 11.6 Å². The molecule has 1 aliphatic rings. The highest BCUT2D eigenvalue weighted by Gasteiger charge is 2.38. The highest BCUT2D eigenvalue weighted by molar-refractivity contribution is 6.21. The molecule has 0 nitrogen and oxygen atoms in total. The quantitative estimate of drug-likeness (QED) is 0.574. The molecule has 0 heterocycles. The molecule has 1 fully saturated rings. The molecule has 1 heteroatoms. The lowest BCUT2D eigenvalue weighted by Gasteiger charge is -2.33. The van der Waals surface area contributed by atoms with Crippen molar-refractivity contribution < 1.29 is 0 Å². The van der Waals surface area contributed by atoms with Crippen molar-refractivity contribution in [1.29, 1.82) is 0 Å². The van der Waals surface area contributed by atoms with Crippen molar-refractivity contribution in [3.05, 3.63) is 33.4 Å². The van der Waals surface area contributed by atoms with Crippen LogP contribution < -0.4 is 0 Å². The van der Waals surface area contributed by atoms with Crippen LogP contribution in [0.25, 0.3) is 0 Å². The standard InChI is InChI=1S/C18H27Cl/c1-11-12(2)14(4)16(15(5)13(11)3)17(19)18(6)9-7-8-10-18/h17H,7-10H2,1-6H3. The molecule has 0 radical (unpaired) electrons. The normalized spacial score (nSPS) is 19.7. The van der Waals surface area contributed by atoms with Gasteiger partial charge >= 0.3 is 0 Å². The van der Waals surface area contributed by atoms with Gasteiger partial charge in [0, 0.05) is 0 Å². The van der Waals surface area contributed by atoms with Gasteiger partial charge in [0.2, 0.25) is 0 Å². The van der Waals surface area contributed by atoms with Gasteiger partial charge in [0.15, 0.2) is 0 Å². The van der Waals surface area contributed by atoms with E-state index in [1.807, 2.05) is 0 Å². The SMILES string of the molecule is Cc1c(C)c(C)c(C(Cl)C2(C)CCCC2)c(C)c1C. The van der Waals surface area contributed by atoms with Crippen LogP contribution in [0, 0.1) is 40.0 Å². The molecule has 0 aromatic heterocycles. The van der Waals surface area contributed by atoms with Crippen LogP contribution in [0.3, 0.4) is 0 Å². The fourth-order valence-electron chi connectivity index (χ4n) is 3.69. The summed E-state index contributed by atoms with van der Waals surface area (Å²) in [6.07, 6.45) is 5.21. The lowest BCUT2D eigenvalue weighted by atomic mass is 9.77. The third-order valence-corrected chi connectivity index (χ3v) is 6.41. The third-order valence-electron chi connectivity index (χ3n) is 5.67. The largest absolute Gasteiger partial charge is 0.117 e. The van der Waals surface area contributed by atoms with Crippen LogP contribution in [0.5, 0.6) is 0 Å². The Bertz CT molecular complexity index is 464. The van der Waals surface area contributed by atoms with E-state index in [1.54, 1.807) is 0 Å². The second-order valence-electron chi connectivity index (χ2n) is 6.76. The van der Waals surface area contributed by atoms with E-state index >= 15 is 0 Å². The molecule has 0 bridgehead atoms. The molecule has 1 aromatic rings. The van der Waals surface area contributed by atoms with Crippen LogP contribution in [0.15, 0.2) is 0 Å². The molecule has 0 amide bonds. The number of benzene rings is 1. The van der Waals surface area contributed by atoms with Gasteiger partial charge in [-0.1, -0.05) is 19.8 Å². The fraction of sp³-hybridized carbons (Fsp3) is 0.667. The summed E-state index contributed by atoms with van der Waals surface area (Å²) in [7, 11) is 0. The highest BCUT2D eigenvalue weighted by Crippen LogP contribution is 2.52. The topological polar surface area (TPSA) is 0 Å². The Labute approximate surface area is 123 Å². The average Bonchev–Trinajstić information content (AvgIpc) is 2.82. The van der Waals surface area contributed by atoms with E-state index in [2.05, 4.69) is 41.5 Å². The summed E-state index contributed by atoms with van der Waals surface area (Å²) < 4.78 is 0. The molecule has 1 aliphatic carbocycles. The summed E-state index contributed by atoms with van der Waals surface area (Å²) in [4.78, 5) is 0. The summed E-state index contributed by atoms with van der Waals surface area (Å²) in [5.41, 5.74) is 8.79. The van der Waals surface area contributed by atoms with Crippen molar-refractivity contribution in [3.8, 4) is 0 Å². The van der Waals surface area contributed by atoms with Crippen molar-refractivity contribution >= 4 is 11.6 Å². The second-order valence-corrected chi connectivity index (χ2v) is 7.20. The van der Waals surface area contributed by atoms with Crippen LogP contribution in [-0.4, -0.2) is 0 Å². The van der Waals surface area contributed by atoms with Crippen LogP contribution in [0.2, 0.25) is 0 Å². The monoisotopic (exact) mass is 278 g/mol. The summed E-state index contributed by atoms with van der Waals surface area (Å²) in [6, 6.07) is 0. The van der Waals surface area contributed by atoms with E-state index in [0.717, 1.165) is 0 Å². The van der Waals surface area contributed by atoms with Crippen molar-refractivity contribution in [1.82, 2.24) is 0 Å². The average molecular weight is 279 g/mol.